The molecule has 0 bridgehead atoms. The number of hydrogen-bond donors (Lipinski definition) is 0. The van der Waals surface area contributed by atoms with E-state index in [1.807, 2.05) is 18.2 Å². The minimum atomic E-state index is -0.204. The second kappa shape index (κ2) is 5.31. The standard InChI is InChI=1S/C14H10FI/c15-14-7-6-12-5-4-11(3-1-2-8-16)9-13(12)10-14/h4-7,9-10H,2,8H2. The number of benzene rings is 2. The van der Waals surface area contributed by atoms with Crippen molar-refractivity contribution in [1.82, 2.24) is 0 Å². The molecule has 2 aromatic carbocycles. The van der Waals surface area contributed by atoms with E-state index in [0.29, 0.717) is 0 Å². The lowest BCUT2D eigenvalue weighted by atomic mass is 10.1. The molecule has 0 unspecified atom stereocenters. The lowest BCUT2D eigenvalue weighted by Gasteiger charge is -1.98. The van der Waals surface area contributed by atoms with Gasteiger partial charge in [-0.05, 0) is 35.0 Å². The van der Waals surface area contributed by atoms with Crippen LogP contribution in [-0.2, 0) is 0 Å². The third-order valence-corrected chi connectivity index (χ3v) is 2.79. The molecule has 80 valence electrons. The minimum Gasteiger partial charge on any atom is -0.207 e. The van der Waals surface area contributed by atoms with Crippen molar-refractivity contribution in [2.75, 3.05) is 4.43 Å². The van der Waals surface area contributed by atoms with E-state index >= 15 is 0 Å². The summed E-state index contributed by atoms with van der Waals surface area (Å²) >= 11 is 2.30. The fourth-order valence-electron chi connectivity index (χ4n) is 1.51. The zero-order valence-corrected chi connectivity index (χ0v) is 10.8. The molecule has 0 saturated heterocycles. The van der Waals surface area contributed by atoms with Gasteiger partial charge in [0.15, 0.2) is 0 Å². The van der Waals surface area contributed by atoms with E-state index in [1.165, 1.54) is 6.07 Å². The predicted octanol–water partition coefficient (Wildman–Crippen LogP) is 4.16. The fraction of sp³-hybridized carbons (Fsp3) is 0.143. The van der Waals surface area contributed by atoms with Crippen LogP contribution in [0.4, 0.5) is 4.39 Å². The SMILES string of the molecule is Fc1ccc2ccc(C#CCCI)cc2c1. The summed E-state index contributed by atoms with van der Waals surface area (Å²) in [5.41, 5.74) is 0.947. The first kappa shape index (κ1) is 11.4. The Morgan fingerprint density at radius 1 is 1.06 bits per heavy atom. The predicted molar refractivity (Wildman–Crippen MR) is 74.3 cm³/mol. The average Bonchev–Trinajstić information content (AvgIpc) is 2.29. The van der Waals surface area contributed by atoms with E-state index in [-0.39, 0.29) is 5.82 Å². The van der Waals surface area contributed by atoms with E-state index in [0.717, 1.165) is 27.2 Å². The fourth-order valence-corrected chi connectivity index (χ4v) is 1.78. The van der Waals surface area contributed by atoms with Crippen molar-refractivity contribution in [2.24, 2.45) is 0 Å². The molecule has 2 heteroatoms. The van der Waals surface area contributed by atoms with Gasteiger partial charge in [0.25, 0.3) is 0 Å². The number of fused-ring (bicyclic) bond motifs is 1. The highest BCUT2D eigenvalue weighted by molar-refractivity contribution is 14.1. The Morgan fingerprint density at radius 2 is 1.88 bits per heavy atom. The van der Waals surface area contributed by atoms with Crippen molar-refractivity contribution < 1.29 is 4.39 Å². The Morgan fingerprint density at radius 3 is 2.69 bits per heavy atom. The first-order chi connectivity index (χ1) is 7.79. The van der Waals surface area contributed by atoms with Gasteiger partial charge in [0, 0.05) is 16.4 Å². The molecule has 2 rings (SSSR count). The highest BCUT2D eigenvalue weighted by atomic mass is 127. The van der Waals surface area contributed by atoms with Gasteiger partial charge in [-0.15, -0.1) is 0 Å². The van der Waals surface area contributed by atoms with Gasteiger partial charge < -0.3 is 0 Å². The van der Waals surface area contributed by atoms with E-state index in [1.54, 1.807) is 12.1 Å². The summed E-state index contributed by atoms with van der Waals surface area (Å²) in [6, 6.07) is 10.7. The van der Waals surface area contributed by atoms with Crippen LogP contribution in [0, 0.1) is 17.7 Å². The molecule has 0 N–H and O–H groups in total. The number of hydrogen-bond acceptors (Lipinski definition) is 0. The maximum Gasteiger partial charge on any atom is 0.123 e. The van der Waals surface area contributed by atoms with Crippen LogP contribution in [0.25, 0.3) is 10.8 Å². The van der Waals surface area contributed by atoms with Gasteiger partial charge in [0.1, 0.15) is 5.82 Å². The van der Waals surface area contributed by atoms with Crippen molar-refractivity contribution in [1.29, 1.82) is 0 Å². The average molecular weight is 324 g/mol. The lowest BCUT2D eigenvalue weighted by molar-refractivity contribution is 0.630. The van der Waals surface area contributed by atoms with Crippen LogP contribution < -0.4 is 0 Å². The highest BCUT2D eigenvalue weighted by Crippen LogP contribution is 2.16. The maximum absolute atomic E-state index is 13.0. The summed E-state index contributed by atoms with van der Waals surface area (Å²) in [6.45, 7) is 0. The largest absolute Gasteiger partial charge is 0.207 e. The normalized spacial score (nSPS) is 9.88. The molecular weight excluding hydrogens is 314 g/mol. The van der Waals surface area contributed by atoms with Crippen LogP contribution in [0.2, 0.25) is 0 Å². The van der Waals surface area contributed by atoms with Crippen LogP contribution >= 0.6 is 22.6 Å². The minimum absolute atomic E-state index is 0.204. The second-order valence-electron chi connectivity index (χ2n) is 3.45. The molecule has 0 radical (unpaired) electrons. The molecule has 0 atom stereocenters. The number of alkyl halides is 1. The van der Waals surface area contributed by atoms with Crippen molar-refractivity contribution in [3.05, 3.63) is 47.8 Å². The van der Waals surface area contributed by atoms with E-state index < -0.39 is 0 Å². The Balaban J connectivity index is 2.40. The van der Waals surface area contributed by atoms with Crippen molar-refractivity contribution in [2.45, 2.75) is 6.42 Å². The van der Waals surface area contributed by atoms with Gasteiger partial charge in [-0.1, -0.05) is 46.6 Å². The van der Waals surface area contributed by atoms with Crippen LogP contribution in [0.5, 0.6) is 0 Å². The molecule has 0 aromatic heterocycles. The summed E-state index contributed by atoms with van der Waals surface area (Å²) in [7, 11) is 0. The summed E-state index contributed by atoms with van der Waals surface area (Å²) in [5.74, 6) is 5.96. The Bertz CT molecular complexity index is 564. The van der Waals surface area contributed by atoms with E-state index in [4.69, 9.17) is 0 Å². The van der Waals surface area contributed by atoms with Crippen molar-refractivity contribution in [3.63, 3.8) is 0 Å². The van der Waals surface area contributed by atoms with Gasteiger partial charge in [0.05, 0.1) is 0 Å². The molecule has 2 aromatic rings. The van der Waals surface area contributed by atoms with Crippen LogP contribution in [-0.4, -0.2) is 4.43 Å². The second-order valence-corrected chi connectivity index (χ2v) is 4.53. The Kier molecular flexibility index (Phi) is 3.79. The zero-order valence-electron chi connectivity index (χ0n) is 8.63. The van der Waals surface area contributed by atoms with E-state index in [9.17, 15) is 4.39 Å². The van der Waals surface area contributed by atoms with Crippen LogP contribution in [0.15, 0.2) is 36.4 Å². The molecular formula is C14H10FI. The number of halogens is 2. The topological polar surface area (TPSA) is 0 Å². The Hall–Kier alpha value is -1.08. The van der Waals surface area contributed by atoms with Gasteiger partial charge in [-0.3, -0.25) is 0 Å². The first-order valence-corrected chi connectivity index (χ1v) is 6.56. The molecule has 0 spiro atoms. The number of rotatable bonds is 1. The quantitative estimate of drug-likeness (QED) is 0.420. The van der Waals surface area contributed by atoms with Gasteiger partial charge in [-0.25, -0.2) is 4.39 Å². The molecule has 16 heavy (non-hydrogen) atoms. The van der Waals surface area contributed by atoms with Gasteiger partial charge in [0.2, 0.25) is 0 Å². The molecule has 0 aliphatic rings. The van der Waals surface area contributed by atoms with Crippen molar-refractivity contribution >= 4 is 33.4 Å². The summed E-state index contributed by atoms with van der Waals surface area (Å²) in [4.78, 5) is 0. The molecule has 0 fully saturated rings. The molecule has 0 nitrogen and oxygen atoms in total. The molecule has 0 aliphatic carbocycles. The summed E-state index contributed by atoms with van der Waals surface area (Å²) < 4.78 is 14.1. The molecule has 0 aliphatic heterocycles. The molecule has 0 amide bonds. The van der Waals surface area contributed by atoms with Crippen LogP contribution in [0.1, 0.15) is 12.0 Å². The van der Waals surface area contributed by atoms with Crippen molar-refractivity contribution in [3.8, 4) is 11.8 Å². The third kappa shape index (κ3) is 2.73. The maximum atomic E-state index is 13.0. The monoisotopic (exact) mass is 324 g/mol. The third-order valence-electron chi connectivity index (χ3n) is 2.25. The zero-order chi connectivity index (χ0) is 11.4. The van der Waals surface area contributed by atoms with E-state index in [2.05, 4.69) is 34.4 Å². The van der Waals surface area contributed by atoms with Crippen LogP contribution in [0.3, 0.4) is 0 Å². The smallest absolute Gasteiger partial charge is 0.123 e. The molecule has 0 heterocycles. The van der Waals surface area contributed by atoms with Gasteiger partial charge in [-0.2, -0.15) is 0 Å². The Labute approximate surface area is 108 Å². The highest BCUT2D eigenvalue weighted by Gasteiger charge is 1.96. The summed E-state index contributed by atoms with van der Waals surface area (Å²) in [5, 5.41) is 1.95. The van der Waals surface area contributed by atoms with Gasteiger partial charge >= 0.3 is 0 Å². The molecule has 0 saturated carbocycles. The summed E-state index contributed by atoms with van der Waals surface area (Å²) in [6.07, 6.45) is 0.891. The lowest BCUT2D eigenvalue weighted by Crippen LogP contribution is -1.79. The first-order valence-electron chi connectivity index (χ1n) is 5.04.